The van der Waals surface area contributed by atoms with E-state index in [0.29, 0.717) is 10.0 Å². The molecule has 7 nitrogen and oxygen atoms in total. The Kier molecular flexibility index (Phi) is 5.67. The van der Waals surface area contributed by atoms with Crippen LogP contribution in [0.5, 0.6) is 5.75 Å². The lowest BCUT2D eigenvalue weighted by Gasteiger charge is -2.05. The molecule has 0 aliphatic rings. The molecule has 120 valence electrons. The van der Waals surface area contributed by atoms with Gasteiger partial charge in [-0.25, -0.2) is 5.43 Å². The zero-order valence-corrected chi connectivity index (χ0v) is 13.6. The summed E-state index contributed by atoms with van der Waals surface area (Å²) in [6.07, 6.45) is 0. The fourth-order valence-corrected chi connectivity index (χ4v) is 2.60. The smallest absolute Gasteiger partial charge is 0.310 e. The maximum absolute atomic E-state index is 11.7. The number of hydrazone groups is 1. The Morgan fingerprint density at radius 2 is 2.13 bits per heavy atom. The van der Waals surface area contributed by atoms with Crippen molar-refractivity contribution in [3.8, 4) is 5.75 Å². The first-order chi connectivity index (χ1) is 11.0. The standard InChI is InChI=1S/C14H12ClN3O4S/c1-9(12-6-7-13(15)23-12)16-17-14(19)8-22-11-5-3-2-4-10(11)18(20)21/h2-7H,8H2,1H3,(H,17,19)/b16-9-. The highest BCUT2D eigenvalue weighted by Gasteiger charge is 2.14. The quantitative estimate of drug-likeness (QED) is 0.490. The molecule has 0 radical (unpaired) electrons. The number of carbonyl (C=O) groups excluding carboxylic acids is 1. The van der Waals surface area contributed by atoms with Gasteiger partial charge >= 0.3 is 5.69 Å². The fraction of sp³-hybridized carbons (Fsp3) is 0.143. The predicted molar refractivity (Wildman–Crippen MR) is 88.3 cm³/mol. The molecule has 0 bridgehead atoms. The van der Waals surface area contributed by atoms with Crippen LogP contribution in [0, 0.1) is 10.1 Å². The number of thiophene rings is 1. The van der Waals surface area contributed by atoms with Crippen LogP contribution in [0.1, 0.15) is 11.8 Å². The first kappa shape index (κ1) is 16.9. The zero-order valence-electron chi connectivity index (χ0n) is 12.0. The Labute approximate surface area is 140 Å². The van der Waals surface area contributed by atoms with E-state index in [1.54, 1.807) is 25.1 Å². The van der Waals surface area contributed by atoms with Gasteiger partial charge in [-0.1, -0.05) is 23.7 Å². The van der Waals surface area contributed by atoms with Gasteiger partial charge in [-0.3, -0.25) is 14.9 Å². The molecule has 1 heterocycles. The van der Waals surface area contributed by atoms with Crippen LogP contribution < -0.4 is 10.2 Å². The number of nitrogens with zero attached hydrogens (tertiary/aromatic N) is 2. The first-order valence-electron chi connectivity index (χ1n) is 6.42. The highest BCUT2D eigenvalue weighted by Crippen LogP contribution is 2.25. The topological polar surface area (TPSA) is 93.8 Å². The molecular weight excluding hydrogens is 342 g/mol. The van der Waals surface area contributed by atoms with Gasteiger partial charge < -0.3 is 4.74 Å². The average molecular weight is 354 g/mol. The summed E-state index contributed by atoms with van der Waals surface area (Å²) in [5.74, 6) is -0.497. The predicted octanol–water partition coefficient (Wildman–Crippen LogP) is 3.23. The van der Waals surface area contributed by atoms with Gasteiger partial charge in [0.15, 0.2) is 12.4 Å². The molecule has 9 heteroatoms. The van der Waals surface area contributed by atoms with E-state index < -0.39 is 10.8 Å². The Morgan fingerprint density at radius 1 is 1.39 bits per heavy atom. The molecular formula is C14H12ClN3O4S. The molecule has 2 rings (SSSR count). The van der Waals surface area contributed by atoms with Crippen molar-refractivity contribution >= 4 is 40.2 Å². The minimum Gasteiger partial charge on any atom is -0.477 e. The molecule has 1 aromatic carbocycles. The third-order valence-electron chi connectivity index (χ3n) is 2.70. The number of para-hydroxylation sites is 2. The van der Waals surface area contributed by atoms with Crippen molar-refractivity contribution in [2.24, 2.45) is 5.10 Å². The zero-order chi connectivity index (χ0) is 16.8. The Balaban J connectivity index is 1.92. The van der Waals surface area contributed by atoms with E-state index in [4.69, 9.17) is 16.3 Å². The number of hydrogen-bond donors (Lipinski definition) is 1. The number of nitro groups is 1. The summed E-state index contributed by atoms with van der Waals surface area (Å²) in [4.78, 5) is 22.8. The molecule has 1 N–H and O–H groups in total. The van der Waals surface area contributed by atoms with Crippen molar-refractivity contribution in [1.82, 2.24) is 5.43 Å². The summed E-state index contributed by atoms with van der Waals surface area (Å²) in [5.41, 5.74) is 2.72. The average Bonchev–Trinajstić information content (AvgIpc) is 2.97. The molecule has 0 fully saturated rings. The van der Waals surface area contributed by atoms with Gasteiger partial charge in [0.1, 0.15) is 0 Å². The van der Waals surface area contributed by atoms with E-state index in [1.165, 1.54) is 29.5 Å². The second kappa shape index (κ2) is 7.70. The maximum atomic E-state index is 11.7. The van der Waals surface area contributed by atoms with Crippen molar-refractivity contribution in [3.05, 3.63) is 55.7 Å². The van der Waals surface area contributed by atoms with E-state index >= 15 is 0 Å². The normalized spacial score (nSPS) is 11.1. The molecule has 0 aliphatic heterocycles. The third-order valence-corrected chi connectivity index (χ3v) is 4.04. The van der Waals surface area contributed by atoms with Crippen molar-refractivity contribution in [2.45, 2.75) is 6.92 Å². The van der Waals surface area contributed by atoms with E-state index in [1.807, 2.05) is 0 Å². The van der Waals surface area contributed by atoms with Crippen LogP contribution >= 0.6 is 22.9 Å². The highest BCUT2D eigenvalue weighted by molar-refractivity contribution is 7.18. The summed E-state index contributed by atoms with van der Waals surface area (Å²) < 4.78 is 5.79. The molecule has 1 aromatic heterocycles. The van der Waals surface area contributed by atoms with Crippen molar-refractivity contribution in [2.75, 3.05) is 6.61 Å². The Morgan fingerprint density at radius 3 is 2.78 bits per heavy atom. The van der Waals surface area contributed by atoms with E-state index in [0.717, 1.165) is 4.88 Å². The summed E-state index contributed by atoms with van der Waals surface area (Å²) in [7, 11) is 0. The van der Waals surface area contributed by atoms with Gasteiger partial charge in [0.05, 0.1) is 19.8 Å². The van der Waals surface area contributed by atoms with Crippen LogP contribution in [0.3, 0.4) is 0 Å². The van der Waals surface area contributed by atoms with Gasteiger partial charge in [0.25, 0.3) is 5.91 Å². The van der Waals surface area contributed by atoms with Gasteiger partial charge in [0, 0.05) is 6.07 Å². The monoisotopic (exact) mass is 353 g/mol. The van der Waals surface area contributed by atoms with Gasteiger partial charge in [0.2, 0.25) is 0 Å². The molecule has 0 saturated carbocycles. The van der Waals surface area contributed by atoms with Gasteiger partial charge in [-0.05, 0) is 25.1 Å². The largest absolute Gasteiger partial charge is 0.477 e. The molecule has 0 unspecified atom stereocenters. The number of rotatable bonds is 6. The third kappa shape index (κ3) is 4.76. The Hall–Kier alpha value is -2.45. The minimum atomic E-state index is -0.573. The van der Waals surface area contributed by atoms with Crippen LogP contribution in [0.25, 0.3) is 0 Å². The number of amides is 1. The molecule has 2 aromatic rings. The number of nitro benzene ring substituents is 1. The van der Waals surface area contributed by atoms with E-state index in [2.05, 4.69) is 10.5 Å². The Bertz CT molecular complexity index is 760. The van der Waals surface area contributed by atoms with Crippen LogP contribution in [-0.4, -0.2) is 23.1 Å². The summed E-state index contributed by atoms with van der Waals surface area (Å²) in [6, 6.07) is 9.36. The maximum Gasteiger partial charge on any atom is 0.310 e. The molecule has 0 aliphatic carbocycles. The minimum absolute atomic E-state index is 0.0263. The van der Waals surface area contributed by atoms with Crippen molar-refractivity contribution in [3.63, 3.8) is 0 Å². The summed E-state index contributed by atoms with van der Waals surface area (Å²) in [6.45, 7) is 1.35. The summed E-state index contributed by atoms with van der Waals surface area (Å²) in [5, 5.41) is 14.8. The fourth-order valence-electron chi connectivity index (χ4n) is 1.62. The molecule has 23 heavy (non-hydrogen) atoms. The van der Waals surface area contributed by atoms with Gasteiger partial charge in [-0.2, -0.15) is 5.10 Å². The second-order valence-corrected chi connectivity index (χ2v) is 6.06. The molecule has 0 spiro atoms. The number of carbonyl (C=O) groups is 1. The molecule has 1 amide bonds. The van der Waals surface area contributed by atoms with Gasteiger partial charge in [-0.15, -0.1) is 11.3 Å². The van der Waals surface area contributed by atoms with Crippen molar-refractivity contribution < 1.29 is 14.5 Å². The van der Waals surface area contributed by atoms with E-state index in [-0.39, 0.29) is 18.0 Å². The van der Waals surface area contributed by atoms with Crippen LogP contribution in [0.2, 0.25) is 4.34 Å². The lowest BCUT2D eigenvalue weighted by atomic mass is 10.3. The molecule has 0 atom stereocenters. The van der Waals surface area contributed by atoms with E-state index in [9.17, 15) is 14.9 Å². The molecule has 0 saturated heterocycles. The lowest BCUT2D eigenvalue weighted by molar-refractivity contribution is -0.385. The first-order valence-corrected chi connectivity index (χ1v) is 7.62. The van der Waals surface area contributed by atoms with Crippen molar-refractivity contribution in [1.29, 1.82) is 0 Å². The number of halogens is 1. The SMILES string of the molecule is C/C(=N/NC(=O)COc1ccccc1[N+](=O)[O-])c1ccc(Cl)s1. The lowest BCUT2D eigenvalue weighted by Crippen LogP contribution is -2.25. The number of nitrogens with one attached hydrogen (secondary N) is 1. The van der Waals surface area contributed by atoms with Crippen LogP contribution in [-0.2, 0) is 4.79 Å². The summed E-state index contributed by atoms with van der Waals surface area (Å²) >= 11 is 7.17. The highest BCUT2D eigenvalue weighted by atomic mass is 35.5. The number of ether oxygens (including phenoxy) is 1. The second-order valence-electron chi connectivity index (χ2n) is 4.35. The number of benzene rings is 1. The van der Waals surface area contributed by atoms with Crippen LogP contribution in [0.15, 0.2) is 41.5 Å². The van der Waals surface area contributed by atoms with Crippen LogP contribution in [0.4, 0.5) is 5.69 Å². The number of hydrogen-bond acceptors (Lipinski definition) is 6.